The van der Waals surface area contributed by atoms with Gasteiger partial charge in [-0.2, -0.15) is 0 Å². The van der Waals surface area contributed by atoms with Crippen molar-refractivity contribution in [3.63, 3.8) is 0 Å². The molecule has 0 aliphatic rings. The predicted octanol–water partition coefficient (Wildman–Crippen LogP) is 3.56. The fourth-order valence-corrected chi connectivity index (χ4v) is 2.43. The minimum absolute atomic E-state index is 0.0567. The molecule has 0 amide bonds. The molecular formula is C12H9FO2S. The van der Waals surface area contributed by atoms with Crippen molar-refractivity contribution in [2.24, 2.45) is 0 Å². The maximum atomic E-state index is 13.8. The van der Waals surface area contributed by atoms with Crippen LogP contribution in [0.4, 0.5) is 4.39 Å². The van der Waals surface area contributed by atoms with Gasteiger partial charge in [0.15, 0.2) is 0 Å². The molecule has 1 aromatic carbocycles. The van der Waals surface area contributed by atoms with E-state index in [1.165, 1.54) is 0 Å². The van der Waals surface area contributed by atoms with E-state index in [0.717, 1.165) is 11.3 Å². The third-order valence-corrected chi connectivity index (χ3v) is 3.34. The molecule has 2 aromatic rings. The largest absolute Gasteiger partial charge is 0.477 e. The van der Waals surface area contributed by atoms with Gasteiger partial charge in [-0.15, -0.1) is 11.3 Å². The van der Waals surface area contributed by atoms with Gasteiger partial charge in [-0.05, 0) is 12.5 Å². The number of benzene rings is 1. The number of rotatable bonds is 2. The number of halogens is 1. The van der Waals surface area contributed by atoms with Gasteiger partial charge in [0.25, 0.3) is 0 Å². The Labute approximate surface area is 96.0 Å². The van der Waals surface area contributed by atoms with E-state index >= 15 is 0 Å². The highest BCUT2D eigenvalue weighted by Gasteiger charge is 2.21. The zero-order valence-electron chi connectivity index (χ0n) is 8.53. The Morgan fingerprint density at radius 1 is 1.31 bits per heavy atom. The zero-order chi connectivity index (χ0) is 11.7. The van der Waals surface area contributed by atoms with Gasteiger partial charge in [0.1, 0.15) is 10.7 Å². The van der Waals surface area contributed by atoms with Crippen LogP contribution in [0.1, 0.15) is 14.5 Å². The summed E-state index contributed by atoms with van der Waals surface area (Å²) in [5.74, 6) is -1.52. The summed E-state index contributed by atoms with van der Waals surface area (Å²) in [4.78, 5) is 11.5. The maximum absolute atomic E-state index is 13.8. The van der Waals surface area contributed by atoms with Gasteiger partial charge >= 0.3 is 5.97 Å². The van der Waals surface area contributed by atoms with E-state index in [4.69, 9.17) is 5.11 Å². The Morgan fingerprint density at radius 2 is 1.94 bits per heavy atom. The van der Waals surface area contributed by atoms with E-state index in [2.05, 4.69) is 0 Å². The van der Waals surface area contributed by atoms with Gasteiger partial charge in [-0.3, -0.25) is 0 Å². The summed E-state index contributed by atoms with van der Waals surface area (Å²) in [7, 11) is 0. The van der Waals surface area contributed by atoms with Gasteiger partial charge in [-0.1, -0.05) is 30.3 Å². The van der Waals surface area contributed by atoms with Crippen molar-refractivity contribution in [2.45, 2.75) is 6.92 Å². The highest BCUT2D eigenvalue weighted by molar-refractivity contribution is 7.14. The molecule has 0 spiro atoms. The molecule has 1 heterocycles. The molecule has 0 saturated carbocycles. The van der Waals surface area contributed by atoms with Crippen LogP contribution in [0.3, 0.4) is 0 Å². The number of aromatic carboxylic acids is 1. The van der Waals surface area contributed by atoms with Crippen molar-refractivity contribution in [3.8, 4) is 11.1 Å². The SMILES string of the molecule is Cc1sc(C(=O)O)c(-c2ccccc2)c1F. The Morgan fingerprint density at radius 3 is 2.50 bits per heavy atom. The quantitative estimate of drug-likeness (QED) is 0.865. The molecule has 0 radical (unpaired) electrons. The lowest BCUT2D eigenvalue weighted by Gasteiger charge is -2.00. The molecule has 0 aliphatic carbocycles. The van der Waals surface area contributed by atoms with Crippen LogP contribution >= 0.6 is 11.3 Å². The van der Waals surface area contributed by atoms with E-state index in [9.17, 15) is 9.18 Å². The van der Waals surface area contributed by atoms with Crippen molar-refractivity contribution in [1.29, 1.82) is 0 Å². The number of carbonyl (C=O) groups is 1. The molecule has 1 N–H and O–H groups in total. The molecule has 1 aromatic heterocycles. The highest BCUT2D eigenvalue weighted by atomic mass is 32.1. The van der Waals surface area contributed by atoms with Crippen molar-refractivity contribution in [3.05, 3.63) is 45.9 Å². The monoisotopic (exact) mass is 236 g/mol. The first-order valence-electron chi connectivity index (χ1n) is 4.69. The smallest absolute Gasteiger partial charge is 0.346 e. The van der Waals surface area contributed by atoms with Crippen molar-refractivity contribution >= 4 is 17.3 Å². The first-order valence-corrected chi connectivity index (χ1v) is 5.50. The van der Waals surface area contributed by atoms with E-state index in [1.54, 1.807) is 37.3 Å². The van der Waals surface area contributed by atoms with Crippen LogP contribution in [-0.2, 0) is 0 Å². The summed E-state index contributed by atoms with van der Waals surface area (Å²) in [5.41, 5.74) is 0.789. The Hall–Kier alpha value is -1.68. The number of carboxylic acids is 1. The zero-order valence-corrected chi connectivity index (χ0v) is 9.34. The lowest BCUT2D eigenvalue weighted by atomic mass is 10.1. The van der Waals surface area contributed by atoms with Gasteiger partial charge in [0, 0.05) is 10.4 Å². The second-order valence-corrected chi connectivity index (χ2v) is 4.57. The first kappa shape index (κ1) is 10.8. The van der Waals surface area contributed by atoms with Crippen LogP contribution in [0.2, 0.25) is 0 Å². The number of hydrogen-bond acceptors (Lipinski definition) is 2. The van der Waals surface area contributed by atoms with Crippen LogP contribution in [-0.4, -0.2) is 11.1 Å². The van der Waals surface area contributed by atoms with Gasteiger partial charge in [-0.25, -0.2) is 9.18 Å². The van der Waals surface area contributed by atoms with Crippen molar-refractivity contribution < 1.29 is 14.3 Å². The van der Waals surface area contributed by atoms with Crippen LogP contribution in [0, 0.1) is 12.7 Å². The summed E-state index contributed by atoms with van der Waals surface area (Å²) in [6.45, 7) is 1.58. The average Bonchev–Trinajstić information content (AvgIpc) is 2.57. The van der Waals surface area contributed by atoms with Crippen molar-refractivity contribution in [1.82, 2.24) is 0 Å². The summed E-state index contributed by atoms with van der Waals surface area (Å²) in [6, 6.07) is 8.73. The number of aryl methyl sites for hydroxylation is 1. The molecular weight excluding hydrogens is 227 g/mol. The molecule has 4 heteroatoms. The van der Waals surface area contributed by atoms with Gasteiger partial charge in [0.2, 0.25) is 0 Å². The molecule has 82 valence electrons. The Kier molecular flexibility index (Phi) is 2.75. The molecule has 0 atom stereocenters. The summed E-state index contributed by atoms with van der Waals surface area (Å²) in [6.07, 6.45) is 0. The summed E-state index contributed by atoms with van der Waals surface area (Å²) >= 11 is 0.969. The summed E-state index contributed by atoms with van der Waals surface area (Å²) < 4.78 is 13.8. The Bertz CT molecular complexity index is 531. The molecule has 0 saturated heterocycles. The molecule has 0 unspecified atom stereocenters. The molecule has 0 aliphatic heterocycles. The minimum atomic E-state index is -1.09. The van der Waals surface area contributed by atoms with Gasteiger partial charge in [0.05, 0.1) is 0 Å². The van der Waals surface area contributed by atoms with Crippen molar-refractivity contribution in [2.75, 3.05) is 0 Å². The normalized spacial score (nSPS) is 10.4. The van der Waals surface area contributed by atoms with E-state index < -0.39 is 11.8 Å². The van der Waals surface area contributed by atoms with E-state index in [-0.39, 0.29) is 10.4 Å². The van der Waals surface area contributed by atoms with Crippen LogP contribution < -0.4 is 0 Å². The van der Waals surface area contributed by atoms with E-state index in [1.807, 2.05) is 0 Å². The topological polar surface area (TPSA) is 37.3 Å². The highest BCUT2D eigenvalue weighted by Crippen LogP contribution is 2.34. The number of hydrogen-bond donors (Lipinski definition) is 1. The predicted molar refractivity (Wildman–Crippen MR) is 61.4 cm³/mol. The lowest BCUT2D eigenvalue weighted by Crippen LogP contribution is -1.95. The fraction of sp³-hybridized carbons (Fsp3) is 0.0833. The third kappa shape index (κ3) is 1.72. The van der Waals surface area contributed by atoms with E-state index in [0.29, 0.717) is 10.4 Å². The first-order chi connectivity index (χ1) is 7.61. The number of carboxylic acid groups (broad SMARTS) is 1. The molecule has 0 fully saturated rings. The fourth-order valence-electron chi connectivity index (χ4n) is 1.54. The summed E-state index contributed by atoms with van der Waals surface area (Å²) in [5, 5.41) is 9.01. The molecule has 16 heavy (non-hydrogen) atoms. The van der Waals surface area contributed by atoms with Crippen LogP contribution in [0.25, 0.3) is 11.1 Å². The average molecular weight is 236 g/mol. The second-order valence-electron chi connectivity index (χ2n) is 3.35. The second kappa shape index (κ2) is 4.06. The maximum Gasteiger partial charge on any atom is 0.346 e. The Balaban J connectivity index is 2.68. The third-order valence-electron chi connectivity index (χ3n) is 2.27. The van der Waals surface area contributed by atoms with Crippen LogP contribution in [0.15, 0.2) is 30.3 Å². The molecule has 0 bridgehead atoms. The standard InChI is InChI=1S/C12H9FO2S/c1-7-10(13)9(11(16-7)12(14)15)8-5-3-2-4-6-8/h2-6H,1H3,(H,14,15). The van der Waals surface area contributed by atoms with Crippen LogP contribution in [0.5, 0.6) is 0 Å². The molecule has 2 rings (SSSR count). The lowest BCUT2D eigenvalue weighted by molar-refractivity contribution is 0.0702. The van der Waals surface area contributed by atoms with Gasteiger partial charge < -0.3 is 5.11 Å². The number of thiophene rings is 1. The molecule has 2 nitrogen and oxygen atoms in total. The minimum Gasteiger partial charge on any atom is -0.477 e.